The molecule has 0 spiro atoms. The van der Waals surface area contributed by atoms with E-state index >= 15 is 0 Å². The second-order valence-electron chi connectivity index (χ2n) is 3.69. The third-order valence-electron chi connectivity index (χ3n) is 2.57. The number of piperazine rings is 1. The van der Waals surface area contributed by atoms with Crippen molar-refractivity contribution in [3.05, 3.63) is 24.3 Å². The SMILES string of the molecule is CN1CCN(C(=O)c2cnccn2)CC1. The van der Waals surface area contributed by atoms with E-state index < -0.39 is 0 Å². The van der Waals surface area contributed by atoms with Crippen LogP contribution in [-0.2, 0) is 0 Å². The Labute approximate surface area is 88.7 Å². The first-order chi connectivity index (χ1) is 7.27. The van der Waals surface area contributed by atoms with Crippen LogP contribution in [0.3, 0.4) is 0 Å². The zero-order valence-corrected chi connectivity index (χ0v) is 8.76. The van der Waals surface area contributed by atoms with Crippen LogP contribution in [0.5, 0.6) is 0 Å². The highest BCUT2D eigenvalue weighted by molar-refractivity contribution is 5.92. The van der Waals surface area contributed by atoms with Crippen LogP contribution in [0.15, 0.2) is 18.6 Å². The molecule has 5 nitrogen and oxygen atoms in total. The van der Waals surface area contributed by atoms with Gasteiger partial charge in [0.15, 0.2) is 0 Å². The Morgan fingerprint density at radius 2 is 2.00 bits per heavy atom. The van der Waals surface area contributed by atoms with Crippen molar-refractivity contribution in [3.8, 4) is 0 Å². The van der Waals surface area contributed by atoms with Crippen LogP contribution in [-0.4, -0.2) is 58.9 Å². The minimum Gasteiger partial charge on any atom is -0.335 e. The van der Waals surface area contributed by atoms with Gasteiger partial charge in [-0.25, -0.2) is 4.98 Å². The summed E-state index contributed by atoms with van der Waals surface area (Å²) in [7, 11) is 2.06. The number of hydrogen-bond acceptors (Lipinski definition) is 4. The Balaban J connectivity index is 2.03. The van der Waals surface area contributed by atoms with Gasteiger partial charge in [0.2, 0.25) is 0 Å². The van der Waals surface area contributed by atoms with Crippen molar-refractivity contribution in [1.29, 1.82) is 0 Å². The molecule has 5 heteroatoms. The molecule has 0 atom stereocenters. The summed E-state index contributed by atoms with van der Waals surface area (Å²) in [5.74, 6) is -0.0174. The Morgan fingerprint density at radius 1 is 1.27 bits per heavy atom. The molecule has 0 bridgehead atoms. The van der Waals surface area contributed by atoms with Gasteiger partial charge in [-0.1, -0.05) is 0 Å². The van der Waals surface area contributed by atoms with Gasteiger partial charge in [-0.15, -0.1) is 0 Å². The minimum absolute atomic E-state index is 0.0174. The zero-order valence-electron chi connectivity index (χ0n) is 8.76. The van der Waals surface area contributed by atoms with E-state index in [9.17, 15) is 4.79 Å². The standard InChI is InChI=1S/C10H14N4O/c1-13-4-6-14(7-5-13)10(15)9-8-11-2-3-12-9/h2-3,8H,4-7H2,1H3. The molecule has 1 saturated heterocycles. The normalized spacial score (nSPS) is 17.8. The predicted octanol–water partition coefficient (Wildman–Crippen LogP) is -0.136. The molecule has 1 aromatic rings. The Morgan fingerprint density at radius 3 is 2.60 bits per heavy atom. The highest BCUT2D eigenvalue weighted by Crippen LogP contribution is 2.04. The molecule has 80 valence electrons. The lowest BCUT2D eigenvalue weighted by molar-refractivity contribution is 0.0657. The number of hydrogen-bond donors (Lipinski definition) is 0. The average molecular weight is 206 g/mol. The van der Waals surface area contributed by atoms with E-state index in [0.717, 1.165) is 26.2 Å². The van der Waals surface area contributed by atoms with E-state index in [0.29, 0.717) is 5.69 Å². The maximum atomic E-state index is 11.9. The van der Waals surface area contributed by atoms with Crippen molar-refractivity contribution < 1.29 is 4.79 Å². The molecular formula is C10H14N4O. The molecule has 1 fully saturated rings. The van der Waals surface area contributed by atoms with Gasteiger partial charge in [0, 0.05) is 38.6 Å². The largest absolute Gasteiger partial charge is 0.335 e. The smallest absolute Gasteiger partial charge is 0.274 e. The first-order valence-corrected chi connectivity index (χ1v) is 5.01. The van der Waals surface area contributed by atoms with Gasteiger partial charge < -0.3 is 9.80 Å². The maximum absolute atomic E-state index is 11.9. The van der Waals surface area contributed by atoms with E-state index in [1.807, 2.05) is 4.90 Å². The number of aromatic nitrogens is 2. The minimum atomic E-state index is -0.0174. The summed E-state index contributed by atoms with van der Waals surface area (Å²) < 4.78 is 0. The lowest BCUT2D eigenvalue weighted by Crippen LogP contribution is -2.47. The van der Waals surface area contributed by atoms with Gasteiger partial charge in [-0.3, -0.25) is 9.78 Å². The maximum Gasteiger partial charge on any atom is 0.274 e. The second-order valence-corrected chi connectivity index (χ2v) is 3.69. The summed E-state index contributed by atoms with van der Waals surface area (Å²) >= 11 is 0. The van der Waals surface area contributed by atoms with Crippen LogP contribution in [0.2, 0.25) is 0 Å². The molecule has 2 rings (SSSR count). The van der Waals surface area contributed by atoms with Gasteiger partial charge in [-0.2, -0.15) is 0 Å². The van der Waals surface area contributed by atoms with Crippen LogP contribution in [0.25, 0.3) is 0 Å². The lowest BCUT2D eigenvalue weighted by atomic mass is 10.3. The third-order valence-corrected chi connectivity index (χ3v) is 2.57. The first kappa shape index (κ1) is 10.0. The molecular weight excluding hydrogens is 192 g/mol. The average Bonchev–Trinajstić information content (AvgIpc) is 2.30. The lowest BCUT2D eigenvalue weighted by Gasteiger charge is -2.32. The quantitative estimate of drug-likeness (QED) is 0.642. The second kappa shape index (κ2) is 4.35. The van der Waals surface area contributed by atoms with E-state index in [1.165, 1.54) is 6.20 Å². The van der Waals surface area contributed by atoms with Crippen molar-refractivity contribution in [2.75, 3.05) is 33.2 Å². The van der Waals surface area contributed by atoms with Crippen LogP contribution in [0, 0.1) is 0 Å². The van der Waals surface area contributed by atoms with E-state index in [2.05, 4.69) is 21.9 Å². The number of nitrogens with zero attached hydrogens (tertiary/aromatic N) is 4. The number of carbonyl (C=O) groups excluding carboxylic acids is 1. The molecule has 0 radical (unpaired) electrons. The molecule has 0 N–H and O–H groups in total. The van der Waals surface area contributed by atoms with Gasteiger partial charge in [0.05, 0.1) is 6.20 Å². The monoisotopic (exact) mass is 206 g/mol. The highest BCUT2D eigenvalue weighted by Gasteiger charge is 2.20. The fraction of sp³-hybridized carbons (Fsp3) is 0.500. The van der Waals surface area contributed by atoms with Crippen LogP contribution in [0.1, 0.15) is 10.5 Å². The van der Waals surface area contributed by atoms with Gasteiger partial charge in [-0.05, 0) is 7.05 Å². The summed E-state index contributed by atoms with van der Waals surface area (Å²) in [5.41, 5.74) is 0.432. The van der Waals surface area contributed by atoms with Crippen molar-refractivity contribution in [2.45, 2.75) is 0 Å². The summed E-state index contributed by atoms with van der Waals surface area (Å²) in [6, 6.07) is 0. The number of amides is 1. The van der Waals surface area contributed by atoms with Crippen LogP contribution < -0.4 is 0 Å². The van der Waals surface area contributed by atoms with Crippen molar-refractivity contribution in [3.63, 3.8) is 0 Å². The van der Waals surface area contributed by atoms with E-state index in [-0.39, 0.29) is 5.91 Å². The molecule has 1 amide bonds. The predicted molar refractivity (Wildman–Crippen MR) is 55.4 cm³/mol. The highest BCUT2D eigenvalue weighted by atomic mass is 16.2. The molecule has 1 aliphatic heterocycles. The first-order valence-electron chi connectivity index (χ1n) is 5.01. The summed E-state index contributed by atoms with van der Waals surface area (Å²) in [5, 5.41) is 0. The Kier molecular flexibility index (Phi) is 2.91. The van der Waals surface area contributed by atoms with Gasteiger partial charge >= 0.3 is 0 Å². The molecule has 1 aromatic heterocycles. The zero-order chi connectivity index (χ0) is 10.7. The fourth-order valence-corrected chi connectivity index (χ4v) is 1.58. The van der Waals surface area contributed by atoms with Crippen molar-refractivity contribution in [2.24, 2.45) is 0 Å². The Hall–Kier alpha value is -1.49. The van der Waals surface area contributed by atoms with Gasteiger partial charge in [0.1, 0.15) is 5.69 Å². The summed E-state index contributed by atoms with van der Waals surface area (Å²) in [6.07, 6.45) is 4.63. The van der Waals surface area contributed by atoms with E-state index in [1.54, 1.807) is 12.4 Å². The summed E-state index contributed by atoms with van der Waals surface area (Å²) in [6.45, 7) is 3.38. The number of carbonyl (C=O) groups is 1. The number of rotatable bonds is 1. The number of likely N-dealkylation sites (N-methyl/N-ethyl adjacent to an activating group) is 1. The van der Waals surface area contributed by atoms with Crippen molar-refractivity contribution >= 4 is 5.91 Å². The van der Waals surface area contributed by atoms with Gasteiger partial charge in [0.25, 0.3) is 5.91 Å². The van der Waals surface area contributed by atoms with Crippen LogP contribution >= 0.6 is 0 Å². The molecule has 0 saturated carbocycles. The molecule has 0 unspecified atom stereocenters. The molecule has 15 heavy (non-hydrogen) atoms. The molecule has 0 aliphatic carbocycles. The van der Waals surface area contributed by atoms with Crippen molar-refractivity contribution in [1.82, 2.24) is 19.8 Å². The third kappa shape index (κ3) is 2.30. The van der Waals surface area contributed by atoms with Crippen LogP contribution in [0.4, 0.5) is 0 Å². The van der Waals surface area contributed by atoms with E-state index in [4.69, 9.17) is 0 Å². The molecule has 0 aromatic carbocycles. The fourth-order valence-electron chi connectivity index (χ4n) is 1.58. The summed E-state index contributed by atoms with van der Waals surface area (Å²) in [4.78, 5) is 23.8. The Bertz CT molecular complexity index is 333. The topological polar surface area (TPSA) is 49.3 Å². The molecule has 2 heterocycles. The molecule has 1 aliphatic rings.